The van der Waals surface area contributed by atoms with E-state index in [1.165, 1.54) is 5.56 Å². The lowest BCUT2D eigenvalue weighted by molar-refractivity contribution is -0.388. The second-order valence-corrected chi connectivity index (χ2v) is 7.10. The van der Waals surface area contributed by atoms with Crippen molar-refractivity contribution in [3.05, 3.63) is 69.3 Å². The molecular weight excluding hydrogens is 381 g/mol. The molecular formula is C18H15F3N2O3S. The van der Waals surface area contributed by atoms with E-state index in [9.17, 15) is 28.1 Å². The number of halogens is 3. The van der Waals surface area contributed by atoms with Crippen molar-refractivity contribution >= 4 is 23.4 Å². The van der Waals surface area contributed by atoms with Crippen LogP contribution < -0.4 is 5.32 Å². The molecule has 1 atom stereocenters. The van der Waals surface area contributed by atoms with Gasteiger partial charge in [-0.05, 0) is 36.1 Å². The topological polar surface area (TPSA) is 72.2 Å². The predicted molar refractivity (Wildman–Crippen MR) is 94.5 cm³/mol. The van der Waals surface area contributed by atoms with Crippen LogP contribution in [-0.4, -0.2) is 16.6 Å². The summed E-state index contributed by atoms with van der Waals surface area (Å²) in [5, 5.41) is 14.0. The van der Waals surface area contributed by atoms with Crippen molar-refractivity contribution in [2.24, 2.45) is 0 Å². The van der Waals surface area contributed by atoms with Gasteiger partial charge in [0.15, 0.2) is 0 Å². The molecule has 0 radical (unpaired) electrons. The van der Waals surface area contributed by atoms with Gasteiger partial charge in [0.2, 0.25) is 5.91 Å². The molecule has 0 saturated heterocycles. The third-order valence-corrected chi connectivity index (χ3v) is 5.37. The Bertz CT molecular complexity index is 886. The summed E-state index contributed by atoms with van der Waals surface area (Å²) in [7, 11) is 0. The van der Waals surface area contributed by atoms with Gasteiger partial charge in [-0.2, -0.15) is 13.2 Å². The number of benzene rings is 2. The molecule has 1 aliphatic rings. The van der Waals surface area contributed by atoms with Gasteiger partial charge in [0.05, 0.1) is 27.2 Å². The number of carbonyl (C=O) groups excluding carboxylic acids is 1. The Labute approximate surface area is 157 Å². The number of rotatable bonds is 5. The van der Waals surface area contributed by atoms with E-state index < -0.39 is 22.4 Å². The zero-order valence-corrected chi connectivity index (χ0v) is 14.8. The van der Waals surface area contributed by atoms with Crippen LogP contribution in [0.25, 0.3) is 0 Å². The van der Waals surface area contributed by atoms with E-state index >= 15 is 0 Å². The summed E-state index contributed by atoms with van der Waals surface area (Å²) in [5.74, 6) is -0.443. The van der Waals surface area contributed by atoms with E-state index in [1.807, 2.05) is 24.3 Å². The molecule has 0 bridgehead atoms. The van der Waals surface area contributed by atoms with Crippen molar-refractivity contribution in [2.75, 3.05) is 5.75 Å². The van der Waals surface area contributed by atoms with Gasteiger partial charge in [-0.1, -0.05) is 24.3 Å². The molecule has 0 aromatic heterocycles. The Kier molecular flexibility index (Phi) is 5.41. The fraction of sp³-hybridized carbons (Fsp3) is 0.278. The maximum atomic E-state index is 12.7. The summed E-state index contributed by atoms with van der Waals surface area (Å²) in [6.07, 6.45) is -3.03. The number of nitro groups is 1. The first-order chi connectivity index (χ1) is 12.8. The molecule has 0 fully saturated rings. The van der Waals surface area contributed by atoms with Crippen LogP contribution in [0.5, 0.6) is 0 Å². The maximum Gasteiger partial charge on any atom is 0.416 e. The Morgan fingerprint density at radius 2 is 2.00 bits per heavy atom. The van der Waals surface area contributed by atoms with Gasteiger partial charge in [-0.15, -0.1) is 11.8 Å². The maximum absolute atomic E-state index is 12.7. The second-order valence-electron chi connectivity index (χ2n) is 6.08. The van der Waals surface area contributed by atoms with Crippen LogP contribution in [-0.2, 0) is 17.4 Å². The summed E-state index contributed by atoms with van der Waals surface area (Å²) in [4.78, 5) is 22.4. The number of amides is 1. The fourth-order valence-electron chi connectivity index (χ4n) is 3.04. The van der Waals surface area contributed by atoms with Crippen LogP contribution in [0.2, 0.25) is 0 Å². The van der Waals surface area contributed by atoms with Gasteiger partial charge in [-0.25, -0.2) is 0 Å². The molecule has 0 spiro atoms. The largest absolute Gasteiger partial charge is 0.416 e. The van der Waals surface area contributed by atoms with E-state index in [4.69, 9.17) is 0 Å². The third kappa shape index (κ3) is 4.41. The molecule has 1 amide bonds. The summed E-state index contributed by atoms with van der Waals surface area (Å²) >= 11 is 0.846. The molecule has 9 heteroatoms. The summed E-state index contributed by atoms with van der Waals surface area (Å²) < 4.78 is 38.2. The smallest absolute Gasteiger partial charge is 0.349 e. The quantitative estimate of drug-likeness (QED) is 0.459. The van der Waals surface area contributed by atoms with Crippen LogP contribution in [0.4, 0.5) is 18.9 Å². The molecule has 2 aromatic carbocycles. The number of hydrogen-bond acceptors (Lipinski definition) is 4. The molecule has 0 saturated carbocycles. The lowest BCUT2D eigenvalue weighted by Crippen LogP contribution is -2.28. The molecule has 1 unspecified atom stereocenters. The van der Waals surface area contributed by atoms with Crippen molar-refractivity contribution in [1.82, 2.24) is 5.32 Å². The minimum absolute atomic E-state index is 0.0231. The SMILES string of the molecule is O=C(CSc1ccc(C(F)(F)F)cc1[N+](=O)[O-])NC1CCc2ccccc21. The van der Waals surface area contributed by atoms with E-state index in [1.54, 1.807) is 0 Å². The molecule has 0 heterocycles. The summed E-state index contributed by atoms with van der Waals surface area (Å²) in [5.41, 5.74) is 0.476. The Morgan fingerprint density at radius 3 is 2.70 bits per heavy atom. The molecule has 142 valence electrons. The van der Waals surface area contributed by atoms with Gasteiger partial charge >= 0.3 is 6.18 Å². The van der Waals surface area contributed by atoms with Gasteiger partial charge < -0.3 is 5.32 Å². The van der Waals surface area contributed by atoms with Crippen LogP contribution in [0.3, 0.4) is 0 Å². The van der Waals surface area contributed by atoms with Crippen molar-refractivity contribution < 1.29 is 22.9 Å². The second kappa shape index (κ2) is 7.59. The number of nitro benzene ring substituents is 1. The highest BCUT2D eigenvalue weighted by atomic mass is 32.2. The minimum Gasteiger partial charge on any atom is -0.349 e. The van der Waals surface area contributed by atoms with Gasteiger partial charge in [0.1, 0.15) is 0 Å². The Morgan fingerprint density at radius 1 is 1.26 bits per heavy atom. The first-order valence-electron chi connectivity index (χ1n) is 8.11. The molecule has 3 rings (SSSR count). The van der Waals surface area contributed by atoms with Crippen LogP contribution >= 0.6 is 11.8 Å². The summed E-state index contributed by atoms with van der Waals surface area (Å²) in [6.45, 7) is 0. The van der Waals surface area contributed by atoms with Crippen LogP contribution in [0.1, 0.15) is 29.2 Å². The molecule has 5 nitrogen and oxygen atoms in total. The van der Waals surface area contributed by atoms with Crippen molar-refractivity contribution in [1.29, 1.82) is 0 Å². The zero-order chi connectivity index (χ0) is 19.6. The highest BCUT2D eigenvalue weighted by Crippen LogP contribution is 2.37. The molecule has 2 aromatic rings. The standard InChI is InChI=1S/C18H15F3N2O3S/c19-18(20,21)12-6-8-16(15(9-12)23(25)26)27-10-17(24)22-14-7-5-11-3-1-2-4-13(11)14/h1-4,6,8-9,14H,5,7,10H2,(H,22,24). The minimum atomic E-state index is -4.67. The van der Waals surface area contributed by atoms with Crippen LogP contribution in [0, 0.1) is 10.1 Å². The van der Waals surface area contributed by atoms with E-state index in [-0.39, 0.29) is 22.6 Å². The Balaban J connectivity index is 1.66. The number of thioether (sulfide) groups is 1. The Hall–Kier alpha value is -2.55. The highest BCUT2D eigenvalue weighted by Gasteiger charge is 2.33. The first-order valence-corrected chi connectivity index (χ1v) is 9.10. The normalized spacial score (nSPS) is 16.0. The molecule has 1 N–H and O–H groups in total. The fourth-order valence-corrected chi connectivity index (χ4v) is 3.86. The third-order valence-electron chi connectivity index (χ3n) is 4.31. The van der Waals surface area contributed by atoms with Crippen molar-refractivity contribution in [3.63, 3.8) is 0 Å². The number of aryl methyl sites for hydroxylation is 1. The van der Waals surface area contributed by atoms with Gasteiger partial charge in [0.25, 0.3) is 5.69 Å². The van der Waals surface area contributed by atoms with Gasteiger partial charge in [0, 0.05) is 6.07 Å². The van der Waals surface area contributed by atoms with E-state index in [0.29, 0.717) is 6.07 Å². The number of alkyl halides is 3. The molecule has 27 heavy (non-hydrogen) atoms. The monoisotopic (exact) mass is 396 g/mol. The number of nitrogens with one attached hydrogen (secondary N) is 1. The number of nitrogens with zero attached hydrogens (tertiary/aromatic N) is 1. The van der Waals surface area contributed by atoms with Crippen LogP contribution in [0.15, 0.2) is 47.4 Å². The average Bonchev–Trinajstić information content (AvgIpc) is 3.02. The van der Waals surface area contributed by atoms with Crippen molar-refractivity contribution in [3.8, 4) is 0 Å². The highest BCUT2D eigenvalue weighted by molar-refractivity contribution is 8.00. The number of hydrogen-bond donors (Lipinski definition) is 1. The number of fused-ring (bicyclic) bond motifs is 1. The lowest BCUT2D eigenvalue weighted by atomic mass is 10.1. The first kappa shape index (κ1) is 19.2. The molecule has 0 aliphatic heterocycles. The van der Waals surface area contributed by atoms with Gasteiger partial charge in [-0.3, -0.25) is 14.9 Å². The number of carbonyl (C=O) groups is 1. The zero-order valence-electron chi connectivity index (χ0n) is 14.0. The average molecular weight is 396 g/mol. The lowest BCUT2D eigenvalue weighted by Gasteiger charge is -2.14. The van der Waals surface area contributed by atoms with E-state index in [2.05, 4.69) is 5.32 Å². The van der Waals surface area contributed by atoms with Crippen molar-refractivity contribution in [2.45, 2.75) is 30.0 Å². The predicted octanol–water partition coefficient (Wildman–Crippen LogP) is 4.51. The summed E-state index contributed by atoms with van der Waals surface area (Å²) in [6, 6.07) is 9.96. The molecule has 1 aliphatic carbocycles. The van der Waals surface area contributed by atoms with E-state index in [0.717, 1.165) is 42.3 Å².